The lowest BCUT2D eigenvalue weighted by Gasteiger charge is -2.10. The molecule has 0 atom stereocenters. The Morgan fingerprint density at radius 3 is 2.70 bits per heavy atom. The Morgan fingerprint density at radius 1 is 1.35 bits per heavy atom. The molecule has 0 saturated heterocycles. The second-order valence-electron chi connectivity index (χ2n) is 4.27. The summed E-state index contributed by atoms with van der Waals surface area (Å²) in [7, 11) is 0. The fraction of sp³-hybridized carbons (Fsp3) is 0.0714. The van der Waals surface area contributed by atoms with Crippen LogP contribution in [0.2, 0.25) is 5.02 Å². The van der Waals surface area contributed by atoms with Crippen LogP contribution in [0, 0.1) is 12.7 Å². The molecule has 3 nitrogen and oxygen atoms in total. The van der Waals surface area contributed by atoms with Gasteiger partial charge in [-0.3, -0.25) is 4.79 Å². The van der Waals surface area contributed by atoms with Crippen molar-refractivity contribution in [1.82, 2.24) is 0 Å². The molecule has 0 spiro atoms. The summed E-state index contributed by atoms with van der Waals surface area (Å²) < 4.78 is 13.4. The number of carbonyl (C=O) groups excluding carboxylic acids is 1. The van der Waals surface area contributed by atoms with Crippen molar-refractivity contribution >= 4 is 44.8 Å². The van der Waals surface area contributed by atoms with Crippen molar-refractivity contribution in [1.29, 1.82) is 0 Å². The Hall–Kier alpha value is -1.59. The fourth-order valence-electron chi connectivity index (χ4n) is 1.67. The number of halogens is 3. The molecule has 1 amide bonds. The molecule has 0 radical (unpaired) electrons. The number of anilines is 2. The van der Waals surface area contributed by atoms with E-state index >= 15 is 0 Å². The molecule has 6 heteroatoms. The zero-order chi connectivity index (χ0) is 14.9. The van der Waals surface area contributed by atoms with Gasteiger partial charge in [-0.1, -0.05) is 11.6 Å². The maximum Gasteiger partial charge on any atom is 0.255 e. The number of nitrogen functional groups attached to an aromatic ring is 1. The molecule has 0 fully saturated rings. The molecule has 0 heterocycles. The number of carbonyl (C=O) groups is 1. The molecule has 0 aliphatic rings. The molecule has 2 rings (SSSR count). The predicted molar refractivity (Wildman–Crippen MR) is 82.7 cm³/mol. The molecule has 3 N–H and O–H groups in total. The van der Waals surface area contributed by atoms with Crippen LogP contribution >= 0.6 is 27.5 Å². The minimum absolute atomic E-state index is 0.234. The molecule has 0 unspecified atom stereocenters. The summed E-state index contributed by atoms with van der Waals surface area (Å²) in [6.45, 7) is 1.81. The third-order valence-corrected chi connectivity index (χ3v) is 3.71. The highest BCUT2D eigenvalue weighted by Gasteiger charge is 2.11. The molecule has 0 aromatic heterocycles. The number of hydrogen-bond acceptors (Lipinski definition) is 2. The van der Waals surface area contributed by atoms with Gasteiger partial charge < -0.3 is 11.1 Å². The van der Waals surface area contributed by atoms with Crippen molar-refractivity contribution in [2.45, 2.75) is 6.92 Å². The lowest BCUT2D eigenvalue weighted by Crippen LogP contribution is -2.13. The number of nitrogens with one attached hydrogen (secondary N) is 1. The van der Waals surface area contributed by atoms with Gasteiger partial charge in [0.15, 0.2) is 0 Å². The summed E-state index contributed by atoms with van der Waals surface area (Å²) in [6, 6.07) is 7.31. The molecule has 104 valence electrons. The van der Waals surface area contributed by atoms with E-state index in [1.807, 2.05) is 6.92 Å². The van der Waals surface area contributed by atoms with Gasteiger partial charge in [0.1, 0.15) is 5.82 Å². The van der Waals surface area contributed by atoms with Crippen molar-refractivity contribution in [3.63, 3.8) is 0 Å². The van der Waals surface area contributed by atoms with Crippen molar-refractivity contribution in [3.8, 4) is 0 Å². The summed E-state index contributed by atoms with van der Waals surface area (Å²) in [4.78, 5) is 12.1. The second-order valence-corrected chi connectivity index (χ2v) is 5.53. The highest BCUT2D eigenvalue weighted by Crippen LogP contribution is 2.27. The smallest absolute Gasteiger partial charge is 0.255 e. The lowest BCUT2D eigenvalue weighted by molar-refractivity contribution is 0.102. The van der Waals surface area contributed by atoms with Gasteiger partial charge in [-0.2, -0.15) is 0 Å². The van der Waals surface area contributed by atoms with Gasteiger partial charge in [-0.15, -0.1) is 0 Å². The number of benzene rings is 2. The average molecular weight is 358 g/mol. The van der Waals surface area contributed by atoms with Crippen molar-refractivity contribution in [3.05, 3.63) is 56.8 Å². The topological polar surface area (TPSA) is 55.1 Å². The highest BCUT2D eigenvalue weighted by molar-refractivity contribution is 9.10. The summed E-state index contributed by atoms with van der Waals surface area (Å²) in [5, 5.41) is 3.09. The Morgan fingerprint density at radius 2 is 2.05 bits per heavy atom. The number of rotatable bonds is 2. The molecular formula is C14H11BrClFN2O. The van der Waals surface area contributed by atoms with E-state index in [-0.39, 0.29) is 10.4 Å². The van der Waals surface area contributed by atoms with Crippen LogP contribution in [0.3, 0.4) is 0 Å². The minimum atomic E-state index is -0.423. The molecule has 0 aliphatic heterocycles. The van der Waals surface area contributed by atoms with Gasteiger partial charge in [0.05, 0.1) is 15.2 Å². The fourth-order valence-corrected chi connectivity index (χ4v) is 2.21. The number of amides is 1. The van der Waals surface area contributed by atoms with E-state index in [9.17, 15) is 9.18 Å². The van der Waals surface area contributed by atoms with Crippen LogP contribution in [-0.2, 0) is 0 Å². The zero-order valence-electron chi connectivity index (χ0n) is 10.5. The molecule has 0 bridgehead atoms. The van der Waals surface area contributed by atoms with Crippen molar-refractivity contribution in [2.75, 3.05) is 11.1 Å². The number of hydrogen-bond donors (Lipinski definition) is 2. The Balaban J connectivity index is 2.27. The second kappa shape index (κ2) is 5.81. The number of aryl methyl sites for hydroxylation is 1. The Labute approximate surface area is 129 Å². The average Bonchev–Trinajstić information content (AvgIpc) is 2.39. The first kappa shape index (κ1) is 14.8. The minimum Gasteiger partial charge on any atom is -0.398 e. The monoisotopic (exact) mass is 356 g/mol. The quantitative estimate of drug-likeness (QED) is 0.783. The third kappa shape index (κ3) is 3.11. The molecule has 20 heavy (non-hydrogen) atoms. The van der Waals surface area contributed by atoms with Crippen molar-refractivity contribution in [2.24, 2.45) is 0 Å². The van der Waals surface area contributed by atoms with Crippen LogP contribution < -0.4 is 11.1 Å². The van der Waals surface area contributed by atoms with Gasteiger partial charge >= 0.3 is 0 Å². The van der Waals surface area contributed by atoms with E-state index in [0.29, 0.717) is 22.0 Å². The van der Waals surface area contributed by atoms with Gasteiger partial charge in [-0.25, -0.2) is 4.39 Å². The summed E-state index contributed by atoms with van der Waals surface area (Å²) in [5.74, 6) is -0.775. The third-order valence-electron chi connectivity index (χ3n) is 2.77. The normalized spacial score (nSPS) is 10.4. The van der Waals surface area contributed by atoms with E-state index < -0.39 is 5.82 Å². The van der Waals surface area contributed by atoms with Gasteiger partial charge in [-0.05, 0) is 58.7 Å². The van der Waals surface area contributed by atoms with Crippen LogP contribution in [0.5, 0.6) is 0 Å². The first-order valence-electron chi connectivity index (χ1n) is 5.70. The van der Waals surface area contributed by atoms with Crippen LogP contribution in [0.15, 0.2) is 34.8 Å². The lowest BCUT2D eigenvalue weighted by atomic mass is 10.1. The van der Waals surface area contributed by atoms with E-state index in [1.165, 1.54) is 18.2 Å². The van der Waals surface area contributed by atoms with Crippen LogP contribution in [-0.4, -0.2) is 5.91 Å². The first-order chi connectivity index (χ1) is 9.38. The Bertz CT molecular complexity index is 691. The highest BCUT2D eigenvalue weighted by atomic mass is 79.9. The summed E-state index contributed by atoms with van der Waals surface area (Å²) in [5.41, 5.74) is 7.82. The first-order valence-corrected chi connectivity index (χ1v) is 6.87. The molecule has 2 aromatic carbocycles. The van der Waals surface area contributed by atoms with E-state index in [1.54, 1.807) is 12.1 Å². The van der Waals surface area contributed by atoms with E-state index in [0.717, 1.165) is 5.56 Å². The SMILES string of the molecule is Cc1cc(N)c(Cl)cc1NC(=O)c1ccc(F)c(Br)c1. The van der Waals surface area contributed by atoms with Crippen molar-refractivity contribution < 1.29 is 9.18 Å². The maximum absolute atomic E-state index is 13.1. The zero-order valence-corrected chi connectivity index (χ0v) is 12.8. The van der Waals surface area contributed by atoms with Gasteiger partial charge in [0.2, 0.25) is 0 Å². The van der Waals surface area contributed by atoms with E-state index in [2.05, 4.69) is 21.2 Å². The molecule has 2 aromatic rings. The maximum atomic E-state index is 13.1. The van der Waals surface area contributed by atoms with Gasteiger partial charge in [0.25, 0.3) is 5.91 Å². The predicted octanol–water partition coefficient (Wildman–Crippen LogP) is 4.38. The summed E-state index contributed by atoms with van der Waals surface area (Å²) >= 11 is 8.97. The van der Waals surface area contributed by atoms with Crippen LogP contribution in [0.1, 0.15) is 15.9 Å². The van der Waals surface area contributed by atoms with Gasteiger partial charge in [0, 0.05) is 11.3 Å². The molecular weight excluding hydrogens is 347 g/mol. The van der Waals surface area contributed by atoms with Crippen LogP contribution in [0.25, 0.3) is 0 Å². The number of nitrogens with two attached hydrogens (primary N) is 1. The largest absolute Gasteiger partial charge is 0.398 e. The van der Waals surface area contributed by atoms with Crippen LogP contribution in [0.4, 0.5) is 15.8 Å². The Kier molecular flexibility index (Phi) is 4.30. The van der Waals surface area contributed by atoms with E-state index in [4.69, 9.17) is 17.3 Å². The standard InChI is InChI=1S/C14H11BrClFN2O/c1-7-4-12(18)10(16)6-13(7)19-14(20)8-2-3-11(17)9(15)5-8/h2-6H,18H2,1H3,(H,19,20). The molecule has 0 aliphatic carbocycles. The molecule has 0 saturated carbocycles. The summed E-state index contributed by atoms with van der Waals surface area (Å²) in [6.07, 6.45) is 0.